The number of thiazole rings is 1. The van der Waals surface area contributed by atoms with E-state index in [1.807, 2.05) is 6.07 Å². The van der Waals surface area contributed by atoms with Gasteiger partial charge < -0.3 is 20.1 Å². The van der Waals surface area contributed by atoms with Crippen LogP contribution in [0.3, 0.4) is 0 Å². The van der Waals surface area contributed by atoms with E-state index in [0.717, 1.165) is 15.7 Å². The molecule has 2 amide bonds. The molecule has 9 nitrogen and oxygen atoms in total. The van der Waals surface area contributed by atoms with E-state index in [0.29, 0.717) is 28.6 Å². The van der Waals surface area contributed by atoms with Gasteiger partial charge in [0, 0.05) is 23.5 Å². The normalized spacial score (nSPS) is 10.6. The maximum atomic E-state index is 13.4. The number of ether oxygens (including phenoxy) is 2. The Morgan fingerprint density at radius 3 is 2.42 bits per heavy atom. The third kappa shape index (κ3) is 4.41. The van der Waals surface area contributed by atoms with Crippen molar-refractivity contribution in [2.45, 2.75) is 6.92 Å². The Morgan fingerprint density at radius 2 is 1.73 bits per heavy atom. The van der Waals surface area contributed by atoms with Gasteiger partial charge in [-0.05, 0) is 31.2 Å². The largest absolute Gasteiger partial charge is 0.497 e. The first-order valence-electron chi connectivity index (χ1n) is 9.84. The summed E-state index contributed by atoms with van der Waals surface area (Å²) in [5.74, 6) is -0.312. The van der Waals surface area contributed by atoms with E-state index in [1.165, 1.54) is 20.3 Å². The molecule has 33 heavy (non-hydrogen) atoms. The van der Waals surface area contributed by atoms with E-state index in [1.54, 1.807) is 49.4 Å². The first-order valence-corrected chi connectivity index (χ1v) is 10.7. The third-order valence-electron chi connectivity index (χ3n) is 4.76. The molecule has 10 heteroatoms. The maximum Gasteiger partial charge on any atom is 0.274 e. The van der Waals surface area contributed by atoms with Crippen LogP contribution in [-0.4, -0.2) is 35.4 Å². The van der Waals surface area contributed by atoms with Crippen LogP contribution in [0.1, 0.15) is 25.9 Å². The average Bonchev–Trinajstić information content (AvgIpc) is 3.19. The minimum absolute atomic E-state index is 0.0495. The third-order valence-corrected chi connectivity index (χ3v) is 5.80. The highest BCUT2D eigenvalue weighted by Crippen LogP contribution is 2.30. The van der Waals surface area contributed by atoms with Crippen LogP contribution in [-0.2, 0) is 0 Å². The topological polar surface area (TPSA) is 111 Å². The van der Waals surface area contributed by atoms with Gasteiger partial charge in [-0.2, -0.15) is 0 Å². The molecule has 0 aliphatic carbocycles. The van der Waals surface area contributed by atoms with Gasteiger partial charge in [-0.15, -0.1) is 0 Å². The van der Waals surface area contributed by atoms with E-state index < -0.39 is 17.4 Å². The van der Waals surface area contributed by atoms with E-state index in [4.69, 9.17) is 9.47 Å². The molecule has 0 unspecified atom stereocenters. The zero-order valence-electron chi connectivity index (χ0n) is 18.0. The summed E-state index contributed by atoms with van der Waals surface area (Å²) < 4.78 is 11.7. The molecule has 2 N–H and O–H groups in total. The summed E-state index contributed by atoms with van der Waals surface area (Å²) in [6.45, 7) is 1.67. The van der Waals surface area contributed by atoms with E-state index in [-0.39, 0.29) is 15.5 Å². The standard InChI is InChI=1S/C23H20N4O5S/c1-13-11-18(28)27-19(21(29)26-16-12-15(31-2)9-10-17(16)32-3)20(33-23(27)24-13)22(30)25-14-7-5-4-6-8-14/h4-12H,1-3H3,(H,25,30)(H,26,29). The summed E-state index contributed by atoms with van der Waals surface area (Å²) in [6, 6.07) is 15.0. The number of carbonyl (C=O) groups is 2. The highest BCUT2D eigenvalue weighted by atomic mass is 32.1. The number of anilines is 2. The second-order valence-corrected chi connectivity index (χ2v) is 7.95. The molecule has 0 spiro atoms. The minimum Gasteiger partial charge on any atom is -0.497 e. The van der Waals surface area contributed by atoms with Crippen LogP contribution in [0, 0.1) is 6.92 Å². The van der Waals surface area contributed by atoms with Crippen LogP contribution in [0.2, 0.25) is 0 Å². The molecule has 4 rings (SSSR count). The Kier molecular flexibility index (Phi) is 6.09. The van der Waals surface area contributed by atoms with Crippen LogP contribution in [0.15, 0.2) is 59.4 Å². The second-order valence-electron chi connectivity index (χ2n) is 6.97. The number of para-hydroxylation sites is 1. The van der Waals surface area contributed by atoms with Crippen LogP contribution in [0.4, 0.5) is 11.4 Å². The molecule has 2 aromatic carbocycles. The summed E-state index contributed by atoms with van der Waals surface area (Å²) in [4.78, 5) is 43.9. The number of nitrogens with zero attached hydrogens (tertiary/aromatic N) is 2. The number of hydrogen-bond donors (Lipinski definition) is 2. The van der Waals surface area contributed by atoms with Gasteiger partial charge in [0.15, 0.2) is 4.96 Å². The van der Waals surface area contributed by atoms with Crippen molar-refractivity contribution in [2.24, 2.45) is 0 Å². The Balaban J connectivity index is 1.82. The molecule has 168 valence electrons. The van der Waals surface area contributed by atoms with Gasteiger partial charge in [-0.3, -0.25) is 14.4 Å². The zero-order valence-corrected chi connectivity index (χ0v) is 18.9. The fourth-order valence-corrected chi connectivity index (χ4v) is 4.32. The molecule has 0 fully saturated rings. The number of carbonyl (C=O) groups excluding carboxylic acids is 2. The number of nitrogens with one attached hydrogen (secondary N) is 2. The lowest BCUT2D eigenvalue weighted by atomic mass is 10.2. The molecule has 0 aliphatic rings. The summed E-state index contributed by atoms with van der Waals surface area (Å²) in [5.41, 5.74) is 0.778. The molecular formula is C23H20N4O5S. The summed E-state index contributed by atoms with van der Waals surface area (Å²) >= 11 is 0.959. The van der Waals surface area contributed by atoms with Crippen molar-refractivity contribution < 1.29 is 19.1 Å². The van der Waals surface area contributed by atoms with Crippen LogP contribution < -0.4 is 25.7 Å². The SMILES string of the molecule is COc1ccc(OC)c(NC(=O)c2c(C(=O)Nc3ccccc3)sc3nc(C)cc(=O)n23)c1. The first-order chi connectivity index (χ1) is 15.9. The average molecular weight is 465 g/mol. The van der Waals surface area contributed by atoms with Crippen molar-refractivity contribution in [1.82, 2.24) is 9.38 Å². The highest BCUT2D eigenvalue weighted by Gasteiger charge is 2.27. The maximum absolute atomic E-state index is 13.4. The van der Waals surface area contributed by atoms with Crippen molar-refractivity contribution >= 4 is 39.5 Å². The number of aryl methyl sites for hydroxylation is 1. The van der Waals surface area contributed by atoms with Crippen molar-refractivity contribution in [3.05, 3.63) is 81.2 Å². The monoisotopic (exact) mass is 464 g/mol. The lowest BCUT2D eigenvalue weighted by molar-refractivity contribution is 0.0989. The van der Waals surface area contributed by atoms with Gasteiger partial charge in [0.2, 0.25) is 0 Å². The first kappa shape index (κ1) is 22.0. The summed E-state index contributed by atoms with van der Waals surface area (Å²) in [6.07, 6.45) is 0. The molecule has 2 heterocycles. The van der Waals surface area contributed by atoms with E-state index >= 15 is 0 Å². The smallest absolute Gasteiger partial charge is 0.274 e. The molecule has 0 atom stereocenters. The van der Waals surface area contributed by atoms with E-state index in [9.17, 15) is 14.4 Å². The predicted molar refractivity (Wildman–Crippen MR) is 126 cm³/mol. The number of aromatic nitrogens is 2. The second kappa shape index (κ2) is 9.13. The number of fused-ring (bicyclic) bond motifs is 1. The number of hydrogen-bond acceptors (Lipinski definition) is 7. The quantitative estimate of drug-likeness (QED) is 0.451. The fourth-order valence-electron chi connectivity index (χ4n) is 3.25. The van der Waals surface area contributed by atoms with Crippen LogP contribution in [0.25, 0.3) is 4.96 Å². The Bertz CT molecular complexity index is 1410. The Labute approximate surface area is 192 Å². The molecule has 0 radical (unpaired) electrons. The van der Waals surface area contributed by atoms with Crippen molar-refractivity contribution in [3.8, 4) is 11.5 Å². The zero-order chi connectivity index (χ0) is 23.5. The number of methoxy groups -OCH3 is 2. The molecule has 0 bridgehead atoms. The molecule has 2 aromatic heterocycles. The Hall–Kier alpha value is -4.18. The van der Waals surface area contributed by atoms with Gasteiger partial charge in [0.25, 0.3) is 17.4 Å². The lowest BCUT2D eigenvalue weighted by Crippen LogP contribution is -2.25. The van der Waals surface area contributed by atoms with Crippen molar-refractivity contribution in [3.63, 3.8) is 0 Å². The van der Waals surface area contributed by atoms with Crippen molar-refractivity contribution in [2.75, 3.05) is 24.9 Å². The molecule has 0 saturated carbocycles. The molecular weight excluding hydrogens is 444 g/mol. The van der Waals surface area contributed by atoms with Gasteiger partial charge in [-0.25, -0.2) is 9.38 Å². The van der Waals surface area contributed by atoms with E-state index in [2.05, 4.69) is 15.6 Å². The van der Waals surface area contributed by atoms with Gasteiger partial charge in [0.05, 0.1) is 19.9 Å². The van der Waals surface area contributed by atoms with Gasteiger partial charge in [-0.1, -0.05) is 29.5 Å². The van der Waals surface area contributed by atoms with Crippen LogP contribution >= 0.6 is 11.3 Å². The van der Waals surface area contributed by atoms with Gasteiger partial charge >= 0.3 is 0 Å². The summed E-state index contributed by atoms with van der Waals surface area (Å²) in [7, 11) is 2.97. The molecule has 4 aromatic rings. The molecule has 0 aliphatic heterocycles. The summed E-state index contributed by atoms with van der Waals surface area (Å²) in [5, 5.41) is 5.48. The van der Waals surface area contributed by atoms with Gasteiger partial charge in [0.1, 0.15) is 22.1 Å². The fraction of sp³-hybridized carbons (Fsp3) is 0.130. The van der Waals surface area contributed by atoms with Crippen LogP contribution in [0.5, 0.6) is 11.5 Å². The minimum atomic E-state index is -0.668. The number of rotatable bonds is 6. The number of benzene rings is 2. The number of amides is 2. The van der Waals surface area contributed by atoms with Crippen molar-refractivity contribution in [1.29, 1.82) is 0 Å². The Morgan fingerprint density at radius 1 is 0.970 bits per heavy atom. The predicted octanol–water partition coefficient (Wildman–Crippen LogP) is 3.59. The lowest BCUT2D eigenvalue weighted by Gasteiger charge is -2.12. The highest BCUT2D eigenvalue weighted by molar-refractivity contribution is 7.19. The molecule has 0 saturated heterocycles.